The van der Waals surface area contributed by atoms with E-state index < -0.39 is 29.6 Å². The van der Waals surface area contributed by atoms with Crippen LogP contribution in [0, 0.1) is 17.8 Å². The highest BCUT2D eigenvalue weighted by molar-refractivity contribution is 6.42. The zero-order valence-electron chi connectivity index (χ0n) is 23.6. The monoisotopic (exact) mass is 602 g/mol. The van der Waals surface area contributed by atoms with Gasteiger partial charge < -0.3 is 25.2 Å². The standard InChI is InChI=1S/C31H40Cl2N4O4/c1-19-7-5-14-36(18-19)15-6-16-37-27(29(39)34-20-8-3-2-4-9-20)31-13-12-24(41-31)25(26(31)30(37)40)28(38)35-21-10-11-22(32)23(33)17-21/h10-13,17,19-20,24-27H,2-9,14-16,18H2,1H3,(H,34,39)(H,35,38)/t19-,24+,25+,26+,27+,31+/m1/s1. The van der Waals surface area contributed by atoms with Crippen LogP contribution in [0.4, 0.5) is 5.69 Å². The number of ether oxygens (including phenoxy) is 1. The first-order valence-electron chi connectivity index (χ1n) is 15.2. The van der Waals surface area contributed by atoms with Crippen molar-refractivity contribution in [2.45, 2.75) is 82.1 Å². The number of carbonyl (C=O) groups is 3. The fraction of sp³-hybridized carbons (Fsp3) is 0.645. The second-order valence-electron chi connectivity index (χ2n) is 12.6. The second-order valence-corrected chi connectivity index (χ2v) is 13.4. The van der Waals surface area contributed by atoms with E-state index in [-0.39, 0.29) is 23.8 Å². The topological polar surface area (TPSA) is 91.0 Å². The zero-order chi connectivity index (χ0) is 28.7. The van der Waals surface area contributed by atoms with E-state index in [9.17, 15) is 14.4 Å². The Balaban J connectivity index is 1.23. The van der Waals surface area contributed by atoms with Crippen LogP contribution >= 0.6 is 23.2 Å². The van der Waals surface area contributed by atoms with Crippen molar-refractivity contribution in [1.82, 2.24) is 15.1 Å². The molecule has 5 aliphatic rings. The number of likely N-dealkylation sites (tertiary alicyclic amines) is 2. The lowest BCUT2D eigenvalue weighted by Crippen LogP contribution is -2.56. The highest BCUT2D eigenvalue weighted by atomic mass is 35.5. The molecule has 0 radical (unpaired) electrons. The summed E-state index contributed by atoms with van der Waals surface area (Å²) in [6.45, 7) is 5.75. The Hall–Kier alpha value is -2.13. The molecule has 2 N–H and O–H groups in total. The van der Waals surface area contributed by atoms with E-state index in [4.69, 9.17) is 27.9 Å². The predicted octanol–water partition coefficient (Wildman–Crippen LogP) is 4.65. The number of fused-ring (bicyclic) bond motifs is 1. The first-order chi connectivity index (χ1) is 19.8. The minimum absolute atomic E-state index is 0.106. The number of carbonyl (C=O) groups excluding carboxylic acids is 3. The van der Waals surface area contributed by atoms with Crippen molar-refractivity contribution in [3.05, 3.63) is 40.4 Å². The number of nitrogens with one attached hydrogen (secondary N) is 2. The Morgan fingerprint density at radius 3 is 2.61 bits per heavy atom. The van der Waals surface area contributed by atoms with Crippen molar-refractivity contribution in [3.63, 3.8) is 0 Å². The van der Waals surface area contributed by atoms with Crippen molar-refractivity contribution in [3.8, 4) is 0 Å². The number of piperidine rings is 1. The third-order valence-corrected chi connectivity index (χ3v) is 10.4. The largest absolute Gasteiger partial charge is 0.359 e. The Bertz CT molecular complexity index is 1220. The minimum Gasteiger partial charge on any atom is -0.359 e. The van der Waals surface area contributed by atoms with Gasteiger partial charge in [-0.2, -0.15) is 0 Å². The van der Waals surface area contributed by atoms with E-state index in [0.717, 1.165) is 51.7 Å². The highest BCUT2D eigenvalue weighted by Gasteiger charge is 2.72. The Kier molecular flexibility index (Phi) is 8.38. The predicted molar refractivity (Wildman–Crippen MR) is 159 cm³/mol. The smallest absolute Gasteiger partial charge is 0.246 e. The molecule has 4 aliphatic heterocycles. The SMILES string of the molecule is C[C@@H]1CCCN(CCCN2C(=O)[C@@H]3[C@@H](C(=O)Nc4ccc(Cl)c(Cl)c4)[C@@H]4C=C[C@@]3(O4)[C@@H]2C(=O)NC2CCCCC2)C1. The number of benzene rings is 1. The molecule has 1 aromatic rings. The molecule has 1 spiro atoms. The number of halogens is 2. The number of nitrogens with zero attached hydrogens (tertiary/aromatic N) is 2. The van der Waals surface area contributed by atoms with Crippen LogP contribution in [0.2, 0.25) is 10.0 Å². The molecular weight excluding hydrogens is 563 g/mol. The van der Waals surface area contributed by atoms with E-state index in [1.807, 2.05) is 12.2 Å². The Morgan fingerprint density at radius 2 is 1.85 bits per heavy atom. The van der Waals surface area contributed by atoms with E-state index in [2.05, 4.69) is 22.5 Å². The first-order valence-corrected chi connectivity index (χ1v) is 16.0. The van der Waals surface area contributed by atoms with Gasteiger partial charge in [-0.1, -0.05) is 61.5 Å². The zero-order valence-corrected chi connectivity index (χ0v) is 25.1. The normalized spacial score (nSPS) is 33.3. The lowest BCUT2D eigenvalue weighted by molar-refractivity contribution is -0.141. The van der Waals surface area contributed by atoms with Gasteiger partial charge in [0, 0.05) is 24.8 Å². The average Bonchev–Trinajstić information content (AvgIpc) is 3.59. The maximum absolute atomic E-state index is 14.2. The summed E-state index contributed by atoms with van der Waals surface area (Å²) in [5.41, 5.74) is -0.658. The lowest BCUT2D eigenvalue weighted by Gasteiger charge is -2.35. The van der Waals surface area contributed by atoms with E-state index in [0.29, 0.717) is 28.2 Å². The number of amides is 3. The summed E-state index contributed by atoms with van der Waals surface area (Å²) in [5, 5.41) is 6.89. The lowest BCUT2D eigenvalue weighted by atomic mass is 9.74. The quantitative estimate of drug-likeness (QED) is 0.423. The molecule has 4 heterocycles. The van der Waals surface area contributed by atoms with Gasteiger partial charge in [-0.25, -0.2) is 0 Å². The summed E-state index contributed by atoms with van der Waals surface area (Å²) in [5.74, 6) is -1.52. The molecule has 0 unspecified atom stereocenters. The molecular formula is C31H40Cl2N4O4. The molecule has 41 heavy (non-hydrogen) atoms. The van der Waals surface area contributed by atoms with Gasteiger partial charge in [0.1, 0.15) is 11.6 Å². The van der Waals surface area contributed by atoms with Gasteiger partial charge >= 0.3 is 0 Å². The number of hydrogen-bond donors (Lipinski definition) is 2. The summed E-state index contributed by atoms with van der Waals surface area (Å²) >= 11 is 12.2. The van der Waals surface area contributed by atoms with Gasteiger partial charge in [0.2, 0.25) is 17.7 Å². The summed E-state index contributed by atoms with van der Waals surface area (Å²) in [7, 11) is 0. The van der Waals surface area contributed by atoms with Gasteiger partial charge in [0.25, 0.3) is 0 Å². The molecule has 3 amide bonds. The average molecular weight is 604 g/mol. The summed E-state index contributed by atoms with van der Waals surface area (Å²) < 4.78 is 6.48. The summed E-state index contributed by atoms with van der Waals surface area (Å²) in [6, 6.07) is 4.19. The van der Waals surface area contributed by atoms with Crippen molar-refractivity contribution >= 4 is 46.6 Å². The fourth-order valence-corrected chi connectivity index (χ4v) is 8.09. The molecule has 1 saturated carbocycles. The van der Waals surface area contributed by atoms with Crippen LogP contribution in [0.3, 0.4) is 0 Å². The summed E-state index contributed by atoms with van der Waals surface area (Å²) in [4.78, 5) is 46.0. The Morgan fingerprint density at radius 1 is 1.05 bits per heavy atom. The molecule has 0 aromatic heterocycles. The van der Waals surface area contributed by atoms with Gasteiger partial charge in [-0.05, 0) is 69.3 Å². The molecule has 8 nitrogen and oxygen atoms in total. The number of hydrogen-bond acceptors (Lipinski definition) is 5. The third-order valence-electron chi connectivity index (χ3n) is 9.68. The highest BCUT2D eigenvalue weighted by Crippen LogP contribution is 2.55. The first kappa shape index (κ1) is 29.0. The molecule has 3 saturated heterocycles. The van der Waals surface area contributed by atoms with Crippen LogP contribution < -0.4 is 10.6 Å². The van der Waals surface area contributed by atoms with Crippen LogP contribution in [-0.4, -0.2) is 77.5 Å². The van der Waals surface area contributed by atoms with Gasteiger partial charge in [0.05, 0.1) is 28.0 Å². The molecule has 10 heteroatoms. The maximum atomic E-state index is 14.2. The van der Waals surface area contributed by atoms with E-state index in [1.165, 1.54) is 19.3 Å². The van der Waals surface area contributed by atoms with Crippen molar-refractivity contribution in [2.24, 2.45) is 17.8 Å². The second kappa shape index (κ2) is 11.9. The van der Waals surface area contributed by atoms with E-state index in [1.54, 1.807) is 23.1 Å². The molecule has 2 bridgehead atoms. The van der Waals surface area contributed by atoms with Crippen LogP contribution in [0.1, 0.15) is 58.3 Å². The molecule has 6 atom stereocenters. The molecule has 222 valence electrons. The van der Waals surface area contributed by atoms with Crippen LogP contribution in [0.5, 0.6) is 0 Å². The fourth-order valence-electron chi connectivity index (χ4n) is 7.79. The van der Waals surface area contributed by atoms with Gasteiger partial charge in [0.15, 0.2) is 0 Å². The third kappa shape index (κ3) is 5.53. The van der Waals surface area contributed by atoms with Crippen LogP contribution in [0.25, 0.3) is 0 Å². The van der Waals surface area contributed by atoms with Crippen molar-refractivity contribution < 1.29 is 19.1 Å². The van der Waals surface area contributed by atoms with Crippen LogP contribution in [-0.2, 0) is 19.1 Å². The molecule has 6 rings (SSSR count). The number of anilines is 1. The Labute approximate surface area is 252 Å². The minimum atomic E-state index is -1.15. The van der Waals surface area contributed by atoms with Crippen molar-refractivity contribution in [2.75, 3.05) is 31.5 Å². The summed E-state index contributed by atoms with van der Waals surface area (Å²) in [6.07, 6.45) is 11.6. The van der Waals surface area contributed by atoms with Crippen molar-refractivity contribution in [1.29, 1.82) is 0 Å². The van der Waals surface area contributed by atoms with Gasteiger partial charge in [-0.15, -0.1) is 0 Å². The van der Waals surface area contributed by atoms with Crippen LogP contribution in [0.15, 0.2) is 30.4 Å². The van der Waals surface area contributed by atoms with Gasteiger partial charge in [-0.3, -0.25) is 14.4 Å². The molecule has 1 aromatic carbocycles. The molecule has 4 fully saturated rings. The number of rotatable bonds is 8. The molecule has 1 aliphatic carbocycles. The van der Waals surface area contributed by atoms with E-state index >= 15 is 0 Å². The maximum Gasteiger partial charge on any atom is 0.246 e.